The number of hydrogen-bond acceptors (Lipinski definition) is 5. The number of rotatable bonds is 5. The van der Waals surface area contributed by atoms with Gasteiger partial charge in [0.25, 0.3) is 5.91 Å². The molecule has 1 aromatic carbocycles. The van der Waals surface area contributed by atoms with Gasteiger partial charge in [0, 0.05) is 6.04 Å². The van der Waals surface area contributed by atoms with Crippen LogP contribution in [0.5, 0.6) is 5.75 Å². The predicted molar refractivity (Wildman–Crippen MR) is 81.7 cm³/mol. The van der Waals surface area contributed by atoms with E-state index in [0.29, 0.717) is 6.42 Å². The lowest BCUT2D eigenvalue weighted by Crippen LogP contribution is -2.43. The molecule has 0 spiro atoms. The minimum atomic E-state index is -3.09. The van der Waals surface area contributed by atoms with E-state index in [2.05, 4.69) is 5.32 Å². The number of halogens is 1. The quantitative estimate of drug-likeness (QED) is 0.809. The van der Waals surface area contributed by atoms with Gasteiger partial charge in [0.05, 0.1) is 17.1 Å². The fourth-order valence-electron chi connectivity index (χ4n) is 2.35. The zero-order valence-electron chi connectivity index (χ0n) is 12.8. The summed E-state index contributed by atoms with van der Waals surface area (Å²) in [6, 6.07) is 3.04. The minimum Gasteiger partial charge on any atom is -0.480 e. The highest BCUT2D eigenvalue weighted by Crippen LogP contribution is 2.22. The van der Waals surface area contributed by atoms with Crippen molar-refractivity contribution < 1.29 is 27.1 Å². The van der Waals surface area contributed by atoms with E-state index in [1.54, 1.807) is 0 Å². The van der Waals surface area contributed by atoms with Crippen LogP contribution in [0.15, 0.2) is 18.2 Å². The average Bonchev–Trinajstić information content (AvgIpc) is 2.79. The lowest BCUT2D eigenvalue weighted by atomic mass is 10.1. The van der Waals surface area contributed by atoms with Gasteiger partial charge >= 0.3 is 0 Å². The number of carbonyl (C=O) groups excluding carboxylic acids is 2. The van der Waals surface area contributed by atoms with Crippen molar-refractivity contribution in [2.75, 3.05) is 11.5 Å². The molecule has 23 heavy (non-hydrogen) atoms. The Morgan fingerprint density at radius 2 is 2.09 bits per heavy atom. The number of benzene rings is 1. The van der Waals surface area contributed by atoms with E-state index in [9.17, 15) is 22.4 Å². The standard InChI is InChI=1S/C15H18FNO5S/c1-9(18)13-7-11(16)3-4-14(13)22-10(2)15(19)17-12-5-6-23(20,21)8-12/h3-4,7,10,12H,5-6,8H2,1-2H3,(H,17,19)/t10-,12+/m1/s1. The number of ketones is 1. The molecule has 1 N–H and O–H groups in total. The molecule has 0 bridgehead atoms. The van der Waals surface area contributed by atoms with Crippen molar-refractivity contribution >= 4 is 21.5 Å². The molecule has 8 heteroatoms. The molecule has 2 atom stereocenters. The highest BCUT2D eigenvalue weighted by Gasteiger charge is 2.30. The van der Waals surface area contributed by atoms with Gasteiger partial charge < -0.3 is 10.1 Å². The van der Waals surface area contributed by atoms with E-state index in [0.717, 1.165) is 12.1 Å². The van der Waals surface area contributed by atoms with E-state index in [1.807, 2.05) is 0 Å². The Hall–Kier alpha value is -1.96. The fraction of sp³-hybridized carbons (Fsp3) is 0.467. The van der Waals surface area contributed by atoms with Crippen LogP contribution in [0.3, 0.4) is 0 Å². The van der Waals surface area contributed by atoms with Crippen molar-refractivity contribution in [3.8, 4) is 5.75 Å². The Bertz CT molecular complexity index is 731. The molecule has 0 unspecified atom stereocenters. The summed E-state index contributed by atoms with van der Waals surface area (Å²) < 4.78 is 41.4. The molecule has 1 heterocycles. The number of hydrogen-bond donors (Lipinski definition) is 1. The van der Waals surface area contributed by atoms with Crippen LogP contribution in [0, 0.1) is 5.82 Å². The lowest BCUT2D eigenvalue weighted by Gasteiger charge is -2.18. The lowest BCUT2D eigenvalue weighted by molar-refractivity contribution is -0.127. The largest absolute Gasteiger partial charge is 0.480 e. The molecule has 1 fully saturated rings. The highest BCUT2D eigenvalue weighted by molar-refractivity contribution is 7.91. The van der Waals surface area contributed by atoms with Crippen LogP contribution in [0.1, 0.15) is 30.6 Å². The van der Waals surface area contributed by atoms with Crippen molar-refractivity contribution in [3.63, 3.8) is 0 Å². The number of carbonyl (C=O) groups is 2. The third-order valence-electron chi connectivity index (χ3n) is 3.57. The van der Waals surface area contributed by atoms with E-state index in [1.165, 1.54) is 19.9 Å². The number of amides is 1. The summed E-state index contributed by atoms with van der Waals surface area (Å²) in [6.07, 6.45) is -0.572. The molecule has 1 aliphatic heterocycles. The van der Waals surface area contributed by atoms with Crippen molar-refractivity contribution in [1.29, 1.82) is 0 Å². The van der Waals surface area contributed by atoms with Crippen LogP contribution >= 0.6 is 0 Å². The van der Waals surface area contributed by atoms with Gasteiger partial charge in [-0.3, -0.25) is 9.59 Å². The van der Waals surface area contributed by atoms with Gasteiger partial charge in [0.15, 0.2) is 21.7 Å². The molecular weight excluding hydrogens is 325 g/mol. The molecule has 126 valence electrons. The molecule has 0 radical (unpaired) electrons. The predicted octanol–water partition coefficient (Wildman–Crippen LogP) is 1.10. The van der Waals surface area contributed by atoms with Crippen LogP contribution in [0.4, 0.5) is 4.39 Å². The normalized spacial score (nSPS) is 20.7. The summed E-state index contributed by atoms with van der Waals surface area (Å²) in [5.41, 5.74) is 0.0492. The van der Waals surface area contributed by atoms with Crippen molar-refractivity contribution in [2.24, 2.45) is 0 Å². The van der Waals surface area contributed by atoms with Crippen molar-refractivity contribution in [2.45, 2.75) is 32.4 Å². The first-order valence-corrected chi connectivity index (χ1v) is 8.98. The molecule has 6 nitrogen and oxygen atoms in total. The molecule has 1 saturated heterocycles. The van der Waals surface area contributed by atoms with Gasteiger partial charge in [0.1, 0.15) is 11.6 Å². The molecular formula is C15H18FNO5S. The third kappa shape index (κ3) is 4.51. The van der Waals surface area contributed by atoms with Gasteiger partial charge in [-0.1, -0.05) is 0 Å². The van der Waals surface area contributed by atoms with Gasteiger partial charge in [0.2, 0.25) is 0 Å². The second kappa shape index (κ2) is 6.66. The number of Topliss-reactive ketones (excluding diaryl/α,β-unsaturated/α-hetero) is 1. The van der Waals surface area contributed by atoms with Gasteiger partial charge in [-0.25, -0.2) is 12.8 Å². The molecule has 1 aromatic rings. The average molecular weight is 343 g/mol. The van der Waals surface area contributed by atoms with Crippen molar-refractivity contribution in [1.82, 2.24) is 5.32 Å². The smallest absolute Gasteiger partial charge is 0.261 e. The third-order valence-corrected chi connectivity index (χ3v) is 5.34. The maximum Gasteiger partial charge on any atom is 0.261 e. The first kappa shape index (κ1) is 17.4. The van der Waals surface area contributed by atoms with E-state index in [4.69, 9.17) is 4.74 Å². The van der Waals surface area contributed by atoms with E-state index < -0.39 is 33.7 Å². The Labute approximate surface area is 133 Å². The molecule has 0 saturated carbocycles. The van der Waals surface area contributed by atoms with E-state index in [-0.39, 0.29) is 28.6 Å². The first-order valence-electron chi connectivity index (χ1n) is 7.16. The van der Waals surface area contributed by atoms with Crippen LogP contribution < -0.4 is 10.1 Å². The summed E-state index contributed by atoms with van der Waals surface area (Å²) in [5.74, 6) is -1.35. The number of ether oxygens (including phenoxy) is 1. The highest BCUT2D eigenvalue weighted by atomic mass is 32.2. The Morgan fingerprint density at radius 3 is 2.65 bits per heavy atom. The molecule has 1 aliphatic rings. The van der Waals surface area contributed by atoms with Crippen LogP contribution in [-0.2, 0) is 14.6 Å². The zero-order valence-corrected chi connectivity index (χ0v) is 13.7. The summed E-state index contributed by atoms with van der Waals surface area (Å²) in [6.45, 7) is 2.75. The number of nitrogens with one attached hydrogen (secondary N) is 1. The molecule has 0 aromatic heterocycles. The zero-order chi connectivity index (χ0) is 17.2. The molecule has 2 rings (SSSR count). The van der Waals surface area contributed by atoms with E-state index >= 15 is 0 Å². The fourth-order valence-corrected chi connectivity index (χ4v) is 4.02. The van der Waals surface area contributed by atoms with Gasteiger partial charge in [-0.2, -0.15) is 0 Å². The van der Waals surface area contributed by atoms with Gasteiger partial charge in [-0.05, 0) is 38.5 Å². The molecule has 0 aliphatic carbocycles. The second-order valence-electron chi connectivity index (χ2n) is 5.57. The minimum absolute atomic E-state index is 0.0492. The Morgan fingerprint density at radius 1 is 1.39 bits per heavy atom. The summed E-state index contributed by atoms with van der Waals surface area (Å²) >= 11 is 0. The molecule has 1 amide bonds. The first-order chi connectivity index (χ1) is 10.7. The topological polar surface area (TPSA) is 89.5 Å². The summed E-state index contributed by atoms with van der Waals surface area (Å²) in [4.78, 5) is 23.6. The summed E-state index contributed by atoms with van der Waals surface area (Å²) in [7, 11) is -3.09. The second-order valence-corrected chi connectivity index (χ2v) is 7.79. The van der Waals surface area contributed by atoms with Crippen molar-refractivity contribution in [3.05, 3.63) is 29.6 Å². The van der Waals surface area contributed by atoms with Crippen LogP contribution in [0.2, 0.25) is 0 Å². The maximum atomic E-state index is 13.2. The maximum absolute atomic E-state index is 13.2. The van der Waals surface area contributed by atoms with Crippen LogP contribution in [-0.4, -0.2) is 43.8 Å². The monoisotopic (exact) mass is 343 g/mol. The van der Waals surface area contributed by atoms with Crippen LogP contribution in [0.25, 0.3) is 0 Å². The Balaban J connectivity index is 2.03. The number of sulfone groups is 1. The Kier molecular flexibility index (Phi) is 5.03. The SMILES string of the molecule is CC(=O)c1cc(F)ccc1O[C@H](C)C(=O)N[C@H]1CCS(=O)(=O)C1. The van der Waals surface area contributed by atoms with Gasteiger partial charge in [-0.15, -0.1) is 0 Å². The summed E-state index contributed by atoms with van der Waals surface area (Å²) in [5, 5.41) is 2.61.